The van der Waals surface area contributed by atoms with Crippen LogP contribution in [0.15, 0.2) is 47.4 Å². The number of piperazine rings is 1. The summed E-state index contributed by atoms with van der Waals surface area (Å²) in [5.74, 6) is -2.22. The zero-order valence-corrected chi connectivity index (χ0v) is 24.1. The van der Waals surface area contributed by atoms with Gasteiger partial charge in [0, 0.05) is 50.6 Å². The maximum atomic E-state index is 13.5. The molecule has 0 aromatic heterocycles. The van der Waals surface area contributed by atoms with Gasteiger partial charge >= 0.3 is 12.1 Å². The molecule has 1 aliphatic rings. The first-order valence-electron chi connectivity index (χ1n) is 13.3. The van der Waals surface area contributed by atoms with Crippen molar-refractivity contribution in [2.24, 2.45) is 0 Å². The molecule has 0 radical (unpaired) electrons. The summed E-state index contributed by atoms with van der Waals surface area (Å²) in [5.41, 5.74) is 1.72. The number of halogens is 3. The van der Waals surface area contributed by atoms with Crippen molar-refractivity contribution < 1.29 is 41.0 Å². The molecule has 41 heavy (non-hydrogen) atoms. The van der Waals surface area contributed by atoms with Crippen LogP contribution >= 0.6 is 0 Å². The number of ether oxygens (including phenoxy) is 1. The number of amides is 1. The summed E-state index contributed by atoms with van der Waals surface area (Å²) < 4.78 is 65.8. The first kappa shape index (κ1) is 33.7. The van der Waals surface area contributed by atoms with Gasteiger partial charge in [-0.15, -0.1) is 0 Å². The highest BCUT2D eigenvalue weighted by molar-refractivity contribution is 7.92. The molecule has 10 nitrogen and oxygen atoms in total. The summed E-state index contributed by atoms with van der Waals surface area (Å²) in [6.07, 6.45) is -3.16. The Kier molecular flexibility index (Phi) is 12.7. The fourth-order valence-corrected chi connectivity index (χ4v) is 5.02. The first-order chi connectivity index (χ1) is 19.3. The number of carboxylic acids is 1. The molecule has 0 aliphatic carbocycles. The number of benzene rings is 2. The third kappa shape index (κ3) is 10.1. The number of carbonyl (C=O) groups is 2. The number of carbonyl (C=O) groups excluding carboxylic acids is 1. The molecule has 3 rings (SSSR count). The van der Waals surface area contributed by atoms with Crippen LogP contribution < -0.4 is 19.7 Å². The van der Waals surface area contributed by atoms with Crippen LogP contribution in [0.1, 0.15) is 44.0 Å². The van der Waals surface area contributed by atoms with Gasteiger partial charge in [0.05, 0.1) is 17.1 Å². The van der Waals surface area contributed by atoms with Crippen LogP contribution in [-0.2, 0) is 14.8 Å². The van der Waals surface area contributed by atoms with Crippen molar-refractivity contribution in [1.82, 2.24) is 10.2 Å². The molecule has 1 amide bonds. The summed E-state index contributed by atoms with van der Waals surface area (Å²) in [7, 11) is -3.82. The minimum atomic E-state index is -5.08. The van der Waals surface area contributed by atoms with Crippen molar-refractivity contribution in [3.05, 3.63) is 48.0 Å². The predicted molar refractivity (Wildman–Crippen MR) is 150 cm³/mol. The molecule has 2 aromatic rings. The van der Waals surface area contributed by atoms with E-state index in [0.717, 1.165) is 44.7 Å². The molecule has 3 N–H and O–H groups in total. The highest BCUT2D eigenvalue weighted by Crippen LogP contribution is 2.28. The molecule has 228 valence electrons. The Hall–Kier alpha value is -3.52. The van der Waals surface area contributed by atoms with Crippen molar-refractivity contribution in [1.29, 1.82) is 0 Å². The molecule has 2 aromatic carbocycles. The number of nitrogens with zero attached hydrogens (tertiary/aromatic N) is 2. The quantitative estimate of drug-likeness (QED) is 0.349. The number of hydrogen-bond donors (Lipinski definition) is 3. The van der Waals surface area contributed by atoms with Gasteiger partial charge < -0.3 is 25.0 Å². The monoisotopic (exact) mass is 602 g/mol. The Morgan fingerprint density at radius 1 is 1.07 bits per heavy atom. The third-order valence-electron chi connectivity index (χ3n) is 6.07. The SMILES string of the molecule is CCCCN(CC)C(=O)c1cc(NS(=O)(=O)c2ccc(OCC)cc2)ccc1N1CCNCC1.O=C(O)C(F)(F)F. The largest absolute Gasteiger partial charge is 0.494 e. The summed E-state index contributed by atoms with van der Waals surface area (Å²) >= 11 is 0. The van der Waals surface area contributed by atoms with Crippen LogP contribution in [0.2, 0.25) is 0 Å². The standard InChI is InChI=1S/C25H36N4O4S.C2HF3O2/c1-4-7-16-28(5-2)25(30)23-19-20(8-13-24(23)29-17-14-26-15-18-29)27-34(31,32)22-11-9-21(10-12-22)33-6-3;3-2(4,5)1(6)7/h8-13,19,26-27H,4-7,14-18H2,1-3H3;(H,6,7). The fraction of sp³-hybridized carbons (Fsp3) is 0.481. The highest BCUT2D eigenvalue weighted by atomic mass is 32.2. The lowest BCUT2D eigenvalue weighted by Crippen LogP contribution is -2.44. The second-order valence-corrected chi connectivity index (χ2v) is 10.7. The van der Waals surface area contributed by atoms with Crippen LogP contribution in [-0.4, -0.2) is 82.4 Å². The number of hydrogen-bond acceptors (Lipinski definition) is 7. The van der Waals surface area contributed by atoms with E-state index in [9.17, 15) is 26.4 Å². The molecule has 14 heteroatoms. The van der Waals surface area contributed by atoms with E-state index in [1.54, 1.807) is 24.3 Å². The van der Waals surface area contributed by atoms with E-state index in [1.165, 1.54) is 12.1 Å². The number of unbranched alkanes of at least 4 members (excludes halogenated alkanes) is 1. The normalized spacial score (nSPS) is 13.6. The molecule has 1 fully saturated rings. The van der Waals surface area contributed by atoms with E-state index in [2.05, 4.69) is 21.9 Å². The Balaban J connectivity index is 0.000000745. The summed E-state index contributed by atoms with van der Waals surface area (Å²) in [6, 6.07) is 11.5. The van der Waals surface area contributed by atoms with Crippen molar-refractivity contribution in [3.63, 3.8) is 0 Å². The van der Waals surface area contributed by atoms with Gasteiger partial charge in [0.1, 0.15) is 5.75 Å². The molecule has 1 saturated heterocycles. The van der Waals surface area contributed by atoms with E-state index >= 15 is 0 Å². The zero-order valence-electron chi connectivity index (χ0n) is 23.3. The molecular formula is C27H37F3N4O6S. The second kappa shape index (κ2) is 15.5. The molecule has 0 bridgehead atoms. The van der Waals surface area contributed by atoms with Gasteiger partial charge in [-0.25, -0.2) is 13.2 Å². The number of rotatable bonds is 11. The van der Waals surface area contributed by atoms with Gasteiger partial charge in [-0.05, 0) is 62.7 Å². The number of anilines is 2. The predicted octanol–water partition coefficient (Wildman–Crippen LogP) is 4.19. The van der Waals surface area contributed by atoms with Crippen molar-refractivity contribution in [2.75, 3.05) is 55.5 Å². The van der Waals surface area contributed by atoms with Gasteiger partial charge in [-0.2, -0.15) is 13.2 Å². The van der Waals surface area contributed by atoms with Crippen LogP contribution in [0.25, 0.3) is 0 Å². The number of aliphatic carboxylic acids is 1. The van der Waals surface area contributed by atoms with Gasteiger partial charge in [0.2, 0.25) is 0 Å². The summed E-state index contributed by atoms with van der Waals surface area (Å²) in [5, 5.41) is 10.5. The van der Waals surface area contributed by atoms with E-state index < -0.39 is 22.2 Å². The van der Waals surface area contributed by atoms with Crippen molar-refractivity contribution >= 4 is 33.3 Å². The van der Waals surface area contributed by atoms with E-state index in [1.807, 2.05) is 24.8 Å². The number of alkyl halides is 3. The van der Waals surface area contributed by atoms with Crippen molar-refractivity contribution in [2.45, 2.75) is 44.7 Å². The van der Waals surface area contributed by atoms with E-state index in [-0.39, 0.29) is 10.8 Å². The average Bonchev–Trinajstić information content (AvgIpc) is 2.94. The van der Waals surface area contributed by atoms with Gasteiger partial charge in [0.15, 0.2) is 0 Å². The molecule has 0 atom stereocenters. The van der Waals surface area contributed by atoms with Crippen LogP contribution in [0.3, 0.4) is 0 Å². The molecular weight excluding hydrogens is 565 g/mol. The zero-order chi connectivity index (χ0) is 30.6. The third-order valence-corrected chi connectivity index (χ3v) is 7.47. The lowest BCUT2D eigenvalue weighted by Gasteiger charge is -2.32. The number of carboxylic acid groups (broad SMARTS) is 1. The molecule has 1 heterocycles. The Morgan fingerprint density at radius 2 is 1.68 bits per heavy atom. The van der Waals surface area contributed by atoms with E-state index in [4.69, 9.17) is 14.6 Å². The van der Waals surface area contributed by atoms with Gasteiger partial charge in [-0.3, -0.25) is 9.52 Å². The molecule has 1 aliphatic heterocycles. The van der Waals surface area contributed by atoms with Crippen LogP contribution in [0.4, 0.5) is 24.5 Å². The highest BCUT2D eigenvalue weighted by Gasteiger charge is 2.38. The van der Waals surface area contributed by atoms with Gasteiger partial charge in [0.25, 0.3) is 15.9 Å². The Bertz CT molecular complexity index is 1250. The first-order valence-corrected chi connectivity index (χ1v) is 14.8. The summed E-state index contributed by atoms with van der Waals surface area (Å²) in [4.78, 5) is 26.6. The van der Waals surface area contributed by atoms with Crippen molar-refractivity contribution in [3.8, 4) is 5.75 Å². The molecule has 0 spiro atoms. The minimum absolute atomic E-state index is 0.0772. The molecule has 0 saturated carbocycles. The lowest BCUT2D eigenvalue weighted by atomic mass is 10.1. The average molecular weight is 603 g/mol. The van der Waals surface area contributed by atoms with Crippen LogP contribution in [0, 0.1) is 0 Å². The maximum absolute atomic E-state index is 13.5. The Morgan fingerprint density at radius 3 is 2.20 bits per heavy atom. The van der Waals surface area contributed by atoms with Crippen LogP contribution in [0.5, 0.6) is 5.75 Å². The maximum Gasteiger partial charge on any atom is 0.490 e. The second-order valence-electron chi connectivity index (χ2n) is 9.02. The number of sulfonamides is 1. The topological polar surface area (TPSA) is 128 Å². The lowest BCUT2D eigenvalue weighted by molar-refractivity contribution is -0.192. The van der Waals surface area contributed by atoms with Gasteiger partial charge in [-0.1, -0.05) is 13.3 Å². The van der Waals surface area contributed by atoms with E-state index in [0.29, 0.717) is 36.7 Å². The Labute approximate surface area is 238 Å². The number of nitrogens with one attached hydrogen (secondary N) is 2. The fourth-order valence-electron chi connectivity index (χ4n) is 3.97. The smallest absolute Gasteiger partial charge is 0.490 e. The minimum Gasteiger partial charge on any atom is -0.494 e. The summed E-state index contributed by atoms with van der Waals surface area (Å²) in [6.45, 7) is 11.0. The molecule has 0 unspecified atom stereocenters.